The number of nitrogen functional groups attached to an aromatic ring is 1. The zero-order chi connectivity index (χ0) is 26.3. The first kappa shape index (κ1) is 28.4. The summed E-state index contributed by atoms with van der Waals surface area (Å²) in [5.41, 5.74) is 10.8. The number of rotatable bonds is 15. The fourth-order valence-corrected chi connectivity index (χ4v) is 5.70. The number of aromatic nitrogens is 3. The molecule has 0 bridgehead atoms. The van der Waals surface area contributed by atoms with E-state index in [0.717, 1.165) is 65.3 Å². The smallest absolute Gasteiger partial charge is 0.150 e. The lowest BCUT2D eigenvalue weighted by molar-refractivity contribution is 0.153. The van der Waals surface area contributed by atoms with Gasteiger partial charge >= 0.3 is 0 Å². The maximum atomic E-state index is 6.23. The van der Waals surface area contributed by atoms with Gasteiger partial charge in [0.15, 0.2) is 0 Å². The van der Waals surface area contributed by atoms with Crippen LogP contribution in [0.4, 0.5) is 5.82 Å². The molecule has 2 aromatic heterocycles. The number of pyridine rings is 1. The summed E-state index contributed by atoms with van der Waals surface area (Å²) in [7, 11) is 2.29. The van der Waals surface area contributed by atoms with Gasteiger partial charge in [-0.3, -0.25) is 0 Å². The minimum Gasteiger partial charge on any atom is -0.382 e. The molecule has 36 heavy (non-hydrogen) atoms. The maximum Gasteiger partial charge on any atom is 0.150 e. The quantitative estimate of drug-likeness (QED) is 0.212. The lowest BCUT2D eigenvalue weighted by atomic mass is 9.73. The number of nitrogens with zero attached hydrogens (tertiary/aromatic N) is 3. The largest absolute Gasteiger partial charge is 0.382 e. The molecule has 5 nitrogen and oxygen atoms in total. The number of hydrogen-bond acceptors (Lipinski definition) is 4. The Morgan fingerprint density at radius 1 is 1.03 bits per heavy atom. The average Bonchev–Trinajstić information content (AvgIpc) is 3.27. The van der Waals surface area contributed by atoms with Gasteiger partial charge in [-0.1, -0.05) is 66.9 Å². The number of nitrogens with two attached hydrogens (primary N) is 1. The Labute approximate surface area is 219 Å². The molecule has 1 aromatic carbocycles. The highest BCUT2D eigenvalue weighted by molar-refractivity contribution is 6.06. The molecule has 3 rings (SSSR count). The summed E-state index contributed by atoms with van der Waals surface area (Å²) in [6, 6.07) is 6.59. The molecule has 3 aromatic rings. The van der Waals surface area contributed by atoms with Gasteiger partial charge in [-0.2, -0.15) is 0 Å². The molecule has 0 saturated heterocycles. The number of imidazole rings is 1. The van der Waals surface area contributed by atoms with E-state index in [1.165, 1.54) is 50.8 Å². The number of nitrogens with one attached hydrogen (secondary N) is 1. The molecular weight excluding hydrogens is 442 g/mol. The number of aryl methyl sites for hydroxylation is 2. The molecule has 5 heteroatoms. The summed E-state index contributed by atoms with van der Waals surface area (Å²) in [5.74, 6) is 3.07. The van der Waals surface area contributed by atoms with Crippen molar-refractivity contribution in [2.75, 3.05) is 25.9 Å². The number of hydrogen-bond donors (Lipinski definition) is 2. The van der Waals surface area contributed by atoms with Crippen LogP contribution in [0.3, 0.4) is 0 Å². The molecule has 3 N–H and O–H groups in total. The highest BCUT2D eigenvalue weighted by Gasteiger charge is 2.26. The molecule has 200 valence electrons. The van der Waals surface area contributed by atoms with Crippen LogP contribution in [-0.4, -0.2) is 40.0 Å². The standard InChI is InChI=1S/C31H51N5/c1-8-10-15-27-34-28-25-19-24(16-17-26(25)33-30(32)29(28)35-27)14-12-11-13-18-36(7)21-22(3)20-31(5,6)23(4)9-2/h16-17,19,22-23H,8-15,18,20-21H2,1-7H3,(H2,32,33)(H,34,35). The van der Waals surface area contributed by atoms with Gasteiger partial charge < -0.3 is 15.6 Å². The Morgan fingerprint density at radius 2 is 1.81 bits per heavy atom. The van der Waals surface area contributed by atoms with E-state index in [4.69, 9.17) is 10.7 Å². The summed E-state index contributed by atoms with van der Waals surface area (Å²) >= 11 is 0. The van der Waals surface area contributed by atoms with Gasteiger partial charge in [-0.25, -0.2) is 9.97 Å². The number of H-pyrrole nitrogens is 1. The topological polar surface area (TPSA) is 70.8 Å². The van der Waals surface area contributed by atoms with Gasteiger partial charge in [0, 0.05) is 18.4 Å². The SMILES string of the molecule is CCCCc1nc2c([nH]1)c(N)nc1ccc(CCCCCN(C)CC(C)CC(C)(C)C(C)CC)cc12. The summed E-state index contributed by atoms with van der Waals surface area (Å²) in [4.78, 5) is 15.5. The minimum absolute atomic E-state index is 0.425. The van der Waals surface area contributed by atoms with Gasteiger partial charge in [-0.05, 0) is 80.6 Å². The highest BCUT2D eigenvalue weighted by atomic mass is 15.1. The zero-order valence-electron chi connectivity index (χ0n) is 24.1. The Morgan fingerprint density at radius 3 is 2.53 bits per heavy atom. The number of aromatic amines is 1. The predicted octanol–water partition coefficient (Wildman–Crippen LogP) is 7.78. The fraction of sp³-hybridized carbons (Fsp3) is 0.677. The molecule has 0 amide bonds. The van der Waals surface area contributed by atoms with Crippen molar-refractivity contribution < 1.29 is 0 Å². The normalized spacial score (nSPS) is 14.2. The first-order chi connectivity index (χ1) is 17.1. The molecule has 2 atom stereocenters. The first-order valence-electron chi connectivity index (χ1n) is 14.4. The van der Waals surface area contributed by atoms with Crippen molar-refractivity contribution in [3.63, 3.8) is 0 Å². The van der Waals surface area contributed by atoms with E-state index < -0.39 is 0 Å². The van der Waals surface area contributed by atoms with E-state index >= 15 is 0 Å². The number of unbranched alkanes of at least 4 members (excludes halogenated alkanes) is 3. The molecule has 2 unspecified atom stereocenters. The Kier molecular flexibility index (Phi) is 10.2. The van der Waals surface area contributed by atoms with E-state index in [9.17, 15) is 0 Å². The Hall–Kier alpha value is -2.14. The maximum absolute atomic E-state index is 6.23. The second kappa shape index (κ2) is 12.9. The van der Waals surface area contributed by atoms with Crippen molar-refractivity contribution in [1.29, 1.82) is 0 Å². The second-order valence-electron chi connectivity index (χ2n) is 12.0. The lowest BCUT2D eigenvalue weighted by Crippen LogP contribution is -2.30. The van der Waals surface area contributed by atoms with Gasteiger partial charge in [0.05, 0.1) is 5.52 Å². The van der Waals surface area contributed by atoms with Crippen LogP contribution >= 0.6 is 0 Å². The van der Waals surface area contributed by atoms with Crippen molar-refractivity contribution in [2.24, 2.45) is 17.3 Å². The Bertz CT molecular complexity index is 1100. The van der Waals surface area contributed by atoms with Gasteiger partial charge in [0.1, 0.15) is 22.7 Å². The van der Waals surface area contributed by atoms with E-state index in [-0.39, 0.29) is 0 Å². The molecule has 0 spiro atoms. The molecule has 0 saturated carbocycles. The van der Waals surface area contributed by atoms with Crippen molar-refractivity contribution >= 4 is 27.8 Å². The summed E-state index contributed by atoms with van der Waals surface area (Å²) in [6.45, 7) is 16.6. The summed E-state index contributed by atoms with van der Waals surface area (Å²) in [5, 5.41) is 1.12. The number of benzene rings is 1. The van der Waals surface area contributed by atoms with E-state index in [1.54, 1.807) is 0 Å². The average molecular weight is 494 g/mol. The molecule has 0 fully saturated rings. The minimum atomic E-state index is 0.425. The number of anilines is 1. The van der Waals surface area contributed by atoms with Crippen LogP contribution in [0.15, 0.2) is 18.2 Å². The third-order valence-corrected chi connectivity index (χ3v) is 8.28. The zero-order valence-corrected chi connectivity index (χ0v) is 24.1. The van der Waals surface area contributed by atoms with E-state index in [2.05, 4.69) is 81.7 Å². The van der Waals surface area contributed by atoms with Crippen molar-refractivity contribution in [3.8, 4) is 0 Å². The molecule has 2 heterocycles. The van der Waals surface area contributed by atoms with Crippen LogP contribution in [0.2, 0.25) is 0 Å². The highest BCUT2D eigenvalue weighted by Crippen LogP contribution is 2.35. The molecule has 0 aliphatic carbocycles. The van der Waals surface area contributed by atoms with Crippen LogP contribution in [0.5, 0.6) is 0 Å². The summed E-state index contributed by atoms with van der Waals surface area (Å²) < 4.78 is 0. The van der Waals surface area contributed by atoms with Gasteiger partial charge in [-0.15, -0.1) is 0 Å². The third-order valence-electron chi connectivity index (χ3n) is 8.28. The predicted molar refractivity (Wildman–Crippen MR) is 156 cm³/mol. The van der Waals surface area contributed by atoms with Crippen LogP contribution in [0.1, 0.15) is 97.9 Å². The van der Waals surface area contributed by atoms with Gasteiger partial charge in [0.25, 0.3) is 0 Å². The molecule has 0 aliphatic heterocycles. The molecule has 0 aliphatic rings. The second-order valence-corrected chi connectivity index (χ2v) is 12.0. The van der Waals surface area contributed by atoms with Crippen LogP contribution in [0, 0.1) is 17.3 Å². The van der Waals surface area contributed by atoms with Crippen molar-refractivity contribution in [2.45, 2.75) is 99.3 Å². The molecule has 0 radical (unpaired) electrons. The lowest BCUT2D eigenvalue weighted by Gasteiger charge is -2.35. The van der Waals surface area contributed by atoms with E-state index in [0.29, 0.717) is 11.2 Å². The van der Waals surface area contributed by atoms with Crippen LogP contribution < -0.4 is 5.73 Å². The monoisotopic (exact) mass is 493 g/mol. The van der Waals surface area contributed by atoms with Gasteiger partial charge in [0.2, 0.25) is 0 Å². The third kappa shape index (κ3) is 7.44. The fourth-order valence-electron chi connectivity index (χ4n) is 5.70. The first-order valence-corrected chi connectivity index (χ1v) is 14.4. The van der Waals surface area contributed by atoms with E-state index in [1.807, 2.05) is 0 Å². The Balaban J connectivity index is 1.49. The van der Waals surface area contributed by atoms with Crippen molar-refractivity contribution in [3.05, 3.63) is 29.6 Å². The van der Waals surface area contributed by atoms with Crippen molar-refractivity contribution in [1.82, 2.24) is 19.9 Å². The van der Waals surface area contributed by atoms with Crippen LogP contribution in [-0.2, 0) is 12.8 Å². The van der Waals surface area contributed by atoms with Crippen LogP contribution in [0.25, 0.3) is 21.9 Å². The molecular formula is C31H51N5. The number of fused-ring (bicyclic) bond motifs is 3. The summed E-state index contributed by atoms with van der Waals surface area (Å²) in [6.07, 6.45) is 10.6.